The molecule has 2 rings (SSSR count). The molecule has 1 aromatic carbocycles. The second-order valence-electron chi connectivity index (χ2n) is 5.95. The van der Waals surface area contributed by atoms with Crippen molar-refractivity contribution in [1.82, 2.24) is 14.9 Å². The largest absolute Gasteiger partial charge is 0.466 e. The number of amides is 2. The van der Waals surface area contributed by atoms with E-state index in [0.29, 0.717) is 5.56 Å². The number of sulfonamides is 1. The highest BCUT2D eigenvalue weighted by atomic mass is 32.2. The minimum absolute atomic E-state index is 0.0350. The number of piperazine rings is 1. The van der Waals surface area contributed by atoms with Crippen molar-refractivity contribution in [3.05, 3.63) is 35.9 Å². The van der Waals surface area contributed by atoms with Gasteiger partial charge in [-0.2, -0.15) is 4.31 Å². The van der Waals surface area contributed by atoms with Crippen molar-refractivity contribution in [2.45, 2.75) is 19.4 Å². The van der Waals surface area contributed by atoms with E-state index in [0.717, 1.165) is 4.31 Å². The fraction of sp³-hybridized carbons (Fsp3) is 0.471. The summed E-state index contributed by atoms with van der Waals surface area (Å²) in [5, 5.41) is 5.10. The van der Waals surface area contributed by atoms with Gasteiger partial charge in [-0.25, -0.2) is 8.42 Å². The highest BCUT2D eigenvalue weighted by molar-refractivity contribution is 7.89. The van der Waals surface area contributed by atoms with E-state index < -0.39 is 27.9 Å². The summed E-state index contributed by atoms with van der Waals surface area (Å²) in [6.07, 6.45) is -0.149. The normalized spacial score (nSPS) is 17.8. The van der Waals surface area contributed by atoms with Gasteiger partial charge < -0.3 is 15.4 Å². The monoisotopic (exact) mass is 397 g/mol. The predicted octanol–water partition coefficient (Wildman–Crippen LogP) is -0.500. The lowest BCUT2D eigenvalue weighted by Crippen LogP contribution is -2.57. The van der Waals surface area contributed by atoms with Crippen molar-refractivity contribution in [3.63, 3.8) is 0 Å². The molecule has 148 valence electrons. The van der Waals surface area contributed by atoms with Crippen LogP contribution in [0.5, 0.6) is 0 Å². The molecule has 1 aliphatic heterocycles. The third kappa shape index (κ3) is 6.04. The van der Waals surface area contributed by atoms with E-state index in [9.17, 15) is 22.8 Å². The van der Waals surface area contributed by atoms with E-state index in [1.807, 2.05) is 0 Å². The molecule has 1 aromatic rings. The molecular weight excluding hydrogens is 374 g/mol. The van der Waals surface area contributed by atoms with Crippen LogP contribution in [0, 0.1) is 0 Å². The van der Waals surface area contributed by atoms with Gasteiger partial charge in [-0.05, 0) is 19.1 Å². The van der Waals surface area contributed by atoms with Gasteiger partial charge in [0.25, 0.3) is 5.91 Å². The van der Waals surface area contributed by atoms with Gasteiger partial charge in [0.2, 0.25) is 15.9 Å². The van der Waals surface area contributed by atoms with E-state index in [-0.39, 0.29) is 44.3 Å². The Balaban J connectivity index is 1.97. The van der Waals surface area contributed by atoms with Crippen molar-refractivity contribution in [1.29, 1.82) is 0 Å². The highest BCUT2D eigenvalue weighted by Gasteiger charge is 2.36. The Morgan fingerprint density at radius 2 is 2.00 bits per heavy atom. The quantitative estimate of drug-likeness (QED) is 0.571. The lowest BCUT2D eigenvalue weighted by Gasteiger charge is -2.33. The van der Waals surface area contributed by atoms with Crippen LogP contribution < -0.4 is 10.6 Å². The number of carbonyl (C=O) groups is 3. The molecule has 1 atom stereocenters. The molecule has 0 spiro atoms. The van der Waals surface area contributed by atoms with Crippen LogP contribution in [0.1, 0.15) is 23.7 Å². The van der Waals surface area contributed by atoms with Gasteiger partial charge in [-0.15, -0.1) is 0 Å². The minimum atomic E-state index is -3.85. The SMILES string of the molecule is CCOC(=O)C[C@@H]1CNC(=O)CN1S(=O)(=O)CCNC(=O)c1ccccc1. The van der Waals surface area contributed by atoms with Crippen molar-refractivity contribution in [3.8, 4) is 0 Å². The Bertz CT molecular complexity index is 781. The zero-order valence-corrected chi connectivity index (χ0v) is 15.8. The number of hydrogen-bond acceptors (Lipinski definition) is 6. The van der Waals surface area contributed by atoms with Crippen LogP contribution in [-0.2, 0) is 24.3 Å². The molecule has 0 aromatic heterocycles. The lowest BCUT2D eigenvalue weighted by atomic mass is 10.1. The number of ether oxygens (including phenoxy) is 1. The first-order valence-electron chi connectivity index (χ1n) is 8.58. The van der Waals surface area contributed by atoms with Crippen LogP contribution >= 0.6 is 0 Å². The maximum Gasteiger partial charge on any atom is 0.307 e. The molecule has 0 aliphatic carbocycles. The molecule has 0 bridgehead atoms. The van der Waals surface area contributed by atoms with Crippen LogP contribution in [0.4, 0.5) is 0 Å². The van der Waals surface area contributed by atoms with Crippen LogP contribution in [-0.4, -0.2) is 68.5 Å². The predicted molar refractivity (Wildman–Crippen MR) is 97.3 cm³/mol. The maximum atomic E-state index is 12.6. The molecule has 10 heteroatoms. The van der Waals surface area contributed by atoms with Crippen molar-refractivity contribution < 1.29 is 27.5 Å². The van der Waals surface area contributed by atoms with Crippen molar-refractivity contribution in [2.24, 2.45) is 0 Å². The number of carbonyl (C=O) groups excluding carboxylic acids is 3. The Labute approximate surface area is 158 Å². The number of esters is 1. The fourth-order valence-electron chi connectivity index (χ4n) is 2.67. The molecule has 2 amide bonds. The van der Waals surface area contributed by atoms with Gasteiger partial charge >= 0.3 is 5.97 Å². The van der Waals surface area contributed by atoms with Gasteiger partial charge in [-0.3, -0.25) is 14.4 Å². The second-order valence-corrected chi connectivity index (χ2v) is 7.99. The average molecular weight is 397 g/mol. The average Bonchev–Trinajstić information content (AvgIpc) is 2.64. The smallest absolute Gasteiger partial charge is 0.307 e. The number of hydrogen-bond donors (Lipinski definition) is 2. The van der Waals surface area contributed by atoms with Gasteiger partial charge in [0, 0.05) is 18.7 Å². The summed E-state index contributed by atoms with van der Waals surface area (Å²) in [6.45, 7) is 1.41. The molecule has 1 aliphatic rings. The molecular formula is C17H23N3O6S. The Kier molecular flexibility index (Phi) is 7.31. The molecule has 1 fully saturated rings. The molecule has 1 saturated heterocycles. The Hall–Kier alpha value is -2.46. The summed E-state index contributed by atoms with van der Waals surface area (Å²) in [5.74, 6) is -1.73. The number of nitrogens with one attached hydrogen (secondary N) is 2. The third-order valence-electron chi connectivity index (χ3n) is 3.99. The molecule has 9 nitrogen and oxygen atoms in total. The summed E-state index contributed by atoms with van der Waals surface area (Å²) in [4.78, 5) is 35.3. The van der Waals surface area contributed by atoms with E-state index >= 15 is 0 Å². The van der Waals surface area contributed by atoms with Crippen molar-refractivity contribution in [2.75, 3.05) is 32.0 Å². The number of rotatable bonds is 8. The summed E-state index contributed by atoms with van der Waals surface area (Å²) >= 11 is 0. The second kappa shape index (κ2) is 9.47. The van der Waals surface area contributed by atoms with E-state index in [2.05, 4.69) is 10.6 Å². The summed E-state index contributed by atoms with van der Waals surface area (Å²) in [6, 6.07) is 7.71. The molecule has 0 radical (unpaired) electrons. The van der Waals surface area contributed by atoms with Gasteiger partial charge in [0.15, 0.2) is 0 Å². The number of nitrogens with zero attached hydrogens (tertiary/aromatic N) is 1. The third-order valence-corrected chi connectivity index (χ3v) is 5.85. The van der Waals surface area contributed by atoms with Crippen LogP contribution in [0.15, 0.2) is 30.3 Å². The van der Waals surface area contributed by atoms with E-state index in [4.69, 9.17) is 4.74 Å². The van der Waals surface area contributed by atoms with Crippen LogP contribution in [0.25, 0.3) is 0 Å². The summed E-state index contributed by atoms with van der Waals surface area (Å²) < 4.78 is 31.2. The number of benzene rings is 1. The van der Waals surface area contributed by atoms with Crippen LogP contribution in [0.3, 0.4) is 0 Å². The first-order valence-corrected chi connectivity index (χ1v) is 10.2. The Morgan fingerprint density at radius 3 is 2.67 bits per heavy atom. The first-order chi connectivity index (χ1) is 12.8. The molecule has 27 heavy (non-hydrogen) atoms. The zero-order valence-electron chi connectivity index (χ0n) is 15.0. The standard InChI is InChI=1S/C17H23N3O6S/c1-2-26-16(22)10-14-11-19-15(21)12-20(14)27(24,25)9-8-18-17(23)13-6-4-3-5-7-13/h3-7,14H,2,8-12H2,1H3,(H,18,23)(H,19,21)/t14-/m1/s1. The Morgan fingerprint density at radius 1 is 1.30 bits per heavy atom. The van der Waals surface area contributed by atoms with Crippen LogP contribution in [0.2, 0.25) is 0 Å². The molecule has 0 saturated carbocycles. The molecule has 1 heterocycles. The lowest BCUT2D eigenvalue weighted by molar-refractivity contribution is -0.145. The maximum absolute atomic E-state index is 12.6. The molecule has 2 N–H and O–H groups in total. The van der Waals surface area contributed by atoms with E-state index in [1.54, 1.807) is 37.3 Å². The van der Waals surface area contributed by atoms with E-state index in [1.165, 1.54) is 0 Å². The summed E-state index contributed by atoms with van der Waals surface area (Å²) in [7, 11) is -3.85. The minimum Gasteiger partial charge on any atom is -0.466 e. The molecule has 0 unspecified atom stereocenters. The fourth-order valence-corrected chi connectivity index (χ4v) is 4.19. The van der Waals surface area contributed by atoms with Gasteiger partial charge in [0.1, 0.15) is 0 Å². The van der Waals surface area contributed by atoms with Gasteiger partial charge in [-0.1, -0.05) is 18.2 Å². The van der Waals surface area contributed by atoms with Gasteiger partial charge in [0.05, 0.1) is 31.4 Å². The van der Waals surface area contributed by atoms with Crippen molar-refractivity contribution >= 4 is 27.8 Å². The summed E-state index contributed by atoms with van der Waals surface area (Å²) in [5.41, 5.74) is 0.424. The zero-order chi connectivity index (χ0) is 19.9. The highest BCUT2D eigenvalue weighted by Crippen LogP contribution is 2.15. The topological polar surface area (TPSA) is 122 Å². The first kappa shape index (κ1) is 20.8.